The molecule has 0 aliphatic heterocycles. The fraction of sp³-hybridized carbons (Fsp3) is 0. The minimum atomic E-state index is 0.175. The number of hydrogen-bond donors (Lipinski definition) is 6. The first-order valence-corrected chi connectivity index (χ1v) is 4.65. The van der Waals surface area contributed by atoms with Gasteiger partial charge in [-0.1, -0.05) is 0 Å². The number of hydrogen-bond acceptors (Lipinski definition) is 4. The summed E-state index contributed by atoms with van der Waals surface area (Å²) < 4.78 is 0. The van der Waals surface area contributed by atoms with Gasteiger partial charge in [-0.3, -0.25) is 21.6 Å². The van der Waals surface area contributed by atoms with Gasteiger partial charge in [0.2, 0.25) is 0 Å². The molecular formula is C10H8N6. The van der Waals surface area contributed by atoms with Crippen molar-refractivity contribution in [2.75, 3.05) is 0 Å². The molecule has 3 aromatic rings. The third-order valence-electron chi connectivity index (χ3n) is 2.74. The molecule has 0 unspecified atom stereocenters. The molecule has 0 amide bonds. The van der Waals surface area contributed by atoms with E-state index in [2.05, 4.69) is 9.97 Å². The second-order valence-electron chi connectivity index (χ2n) is 3.69. The molecular weight excluding hydrogens is 204 g/mol. The third kappa shape index (κ3) is 0.902. The zero-order chi connectivity index (χ0) is 11.4. The number of H-pyrrole nitrogens is 2. The van der Waals surface area contributed by atoms with E-state index in [1.807, 2.05) is 0 Å². The second-order valence-corrected chi connectivity index (χ2v) is 3.69. The summed E-state index contributed by atoms with van der Waals surface area (Å²) >= 11 is 0. The van der Waals surface area contributed by atoms with Gasteiger partial charge in [-0.05, 0) is 12.1 Å². The van der Waals surface area contributed by atoms with Crippen molar-refractivity contribution < 1.29 is 0 Å². The fourth-order valence-corrected chi connectivity index (χ4v) is 1.95. The zero-order valence-electron chi connectivity index (χ0n) is 8.15. The molecule has 6 nitrogen and oxygen atoms in total. The minimum absolute atomic E-state index is 0.175. The van der Waals surface area contributed by atoms with Crippen LogP contribution in [0.25, 0.3) is 21.5 Å². The lowest BCUT2D eigenvalue weighted by Gasteiger charge is -1.89. The SMILES string of the molecule is N=c1[nH]c(=N)c2cc3c(=N)[nH]c(=N)c3cc12. The van der Waals surface area contributed by atoms with Crippen LogP contribution in [0.4, 0.5) is 0 Å². The lowest BCUT2D eigenvalue weighted by molar-refractivity contribution is 1.06. The summed E-state index contributed by atoms with van der Waals surface area (Å²) in [7, 11) is 0. The zero-order valence-corrected chi connectivity index (χ0v) is 8.15. The van der Waals surface area contributed by atoms with Crippen molar-refractivity contribution in [2.24, 2.45) is 0 Å². The quantitative estimate of drug-likeness (QED) is 0.286. The van der Waals surface area contributed by atoms with Gasteiger partial charge in [0.25, 0.3) is 0 Å². The molecule has 0 atom stereocenters. The summed E-state index contributed by atoms with van der Waals surface area (Å²) in [5.41, 5.74) is 0.700. The van der Waals surface area contributed by atoms with Gasteiger partial charge < -0.3 is 9.97 Å². The predicted molar refractivity (Wildman–Crippen MR) is 55.9 cm³/mol. The number of aromatic nitrogens is 2. The Morgan fingerprint density at radius 1 is 0.562 bits per heavy atom. The monoisotopic (exact) mass is 212 g/mol. The smallest absolute Gasteiger partial charge is 0.131 e. The Kier molecular flexibility index (Phi) is 1.40. The van der Waals surface area contributed by atoms with E-state index in [0.29, 0.717) is 21.5 Å². The van der Waals surface area contributed by atoms with Crippen LogP contribution >= 0.6 is 0 Å². The molecule has 6 N–H and O–H groups in total. The first kappa shape index (κ1) is 8.78. The Hall–Kier alpha value is -2.50. The van der Waals surface area contributed by atoms with Crippen LogP contribution in [-0.4, -0.2) is 9.97 Å². The van der Waals surface area contributed by atoms with Gasteiger partial charge in [-0.15, -0.1) is 0 Å². The molecule has 0 saturated carbocycles. The summed E-state index contributed by atoms with van der Waals surface area (Å²) in [6, 6.07) is 3.36. The van der Waals surface area contributed by atoms with Crippen molar-refractivity contribution >= 4 is 21.5 Å². The average Bonchev–Trinajstić information content (AvgIpc) is 2.67. The molecule has 0 fully saturated rings. The highest BCUT2D eigenvalue weighted by atomic mass is 14.8. The molecule has 78 valence electrons. The topological polar surface area (TPSA) is 127 Å². The maximum Gasteiger partial charge on any atom is 0.131 e. The molecule has 0 saturated heterocycles. The minimum Gasteiger partial charge on any atom is -0.325 e. The number of nitrogens with one attached hydrogen (secondary N) is 6. The standard InChI is InChI=1S/C10H8N6/c11-7-3-1-4-6(10(14)16-8(4)12)2-5(3)9(13)15-7/h1-2H,(H3,11,13,15)(H3,12,14,16). The fourth-order valence-electron chi connectivity index (χ4n) is 1.95. The van der Waals surface area contributed by atoms with Crippen molar-refractivity contribution in [1.29, 1.82) is 21.6 Å². The molecule has 0 bridgehead atoms. The van der Waals surface area contributed by atoms with E-state index in [1.165, 1.54) is 0 Å². The van der Waals surface area contributed by atoms with Gasteiger partial charge in [0.05, 0.1) is 0 Å². The third-order valence-corrected chi connectivity index (χ3v) is 2.74. The Labute approximate surface area is 88.0 Å². The molecule has 2 aromatic heterocycles. The summed E-state index contributed by atoms with van der Waals surface area (Å²) in [6.45, 7) is 0. The highest BCUT2D eigenvalue weighted by Gasteiger charge is 2.07. The van der Waals surface area contributed by atoms with E-state index in [9.17, 15) is 0 Å². The van der Waals surface area contributed by atoms with Crippen LogP contribution in [0, 0.1) is 21.6 Å². The number of benzene rings is 1. The van der Waals surface area contributed by atoms with Crippen molar-refractivity contribution in [3.8, 4) is 0 Å². The second kappa shape index (κ2) is 2.54. The van der Waals surface area contributed by atoms with Gasteiger partial charge in [-0.2, -0.15) is 0 Å². The Bertz CT molecular complexity index is 770. The normalized spacial score (nSPS) is 11.5. The molecule has 3 rings (SSSR count). The summed E-state index contributed by atoms with van der Waals surface area (Å²) in [5, 5.41) is 33.0. The van der Waals surface area contributed by atoms with Crippen molar-refractivity contribution in [1.82, 2.24) is 9.97 Å². The molecule has 0 aliphatic rings. The highest BCUT2D eigenvalue weighted by molar-refractivity contribution is 5.96. The number of rotatable bonds is 0. The van der Waals surface area contributed by atoms with Gasteiger partial charge in [0, 0.05) is 21.5 Å². The molecule has 16 heavy (non-hydrogen) atoms. The van der Waals surface area contributed by atoms with Gasteiger partial charge in [0.1, 0.15) is 22.0 Å². The molecule has 2 heterocycles. The summed E-state index contributed by atoms with van der Waals surface area (Å²) in [6.07, 6.45) is 0. The lowest BCUT2D eigenvalue weighted by atomic mass is 10.1. The Morgan fingerprint density at radius 2 is 0.812 bits per heavy atom. The molecule has 0 aliphatic carbocycles. The van der Waals surface area contributed by atoms with Crippen LogP contribution in [0.1, 0.15) is 0 Å². The van der Waals surface area contributed by atoms with Gasteiger partial charge in [-0.25, -0.2) is 0 Å². The average molecular weight is 212 g/mol. The number of fused-ring (bicyclic) bond motifs is 2. The molecule has 1 aromatic carbocycles. The predicted octanol–water partition coefficient (Wildman–Crippen LogP) is -0.557. The molecule has 6 heteroatoms. The molecule has 0 radical (unpaired) electrons. The largest absolute Gasteiger partial charge is 0.325 e. The van der Waals surface area contributed by atoms with Gasteiger partial charge in [0.15, 0.2) is 0 Å². The Balaban J connectivity index is 2.80. The molecule has 0 spiro atoms. The van der Waals surface area contributed by atoms with E-state index in [0.717, 1.165) is 0 Å². The van der Waals surface area contributed by atoms with Crippen LogP contribution in [0.3, 0.4) is 0 Å². The van der Waals surface area contributed by atoms with Gasteiger partial charge >= 0.3 is 0 Å². The van der Waals surface area contributed by atoms with Crippen LogP contribution in [-0.2, 0) is 0 Å². The maximum atomic E-state index is 7.64. The lowest BCUT2D eigenvalue weighted by Crippen LogP contribution is -2.07. The van der Waals surface area contributed by atoms with Crippen LogP contribution in [0.5, 0.6) is 0 Å². The summed E-state index contributed by atoms with van der Waals surface area (Å²) in [5.74, 6) is 0. The van der Waals surface area contributed by atoms with Crippen molar-refractivity contribution in [2.45, 2.75) is 0 Å². The van der Waals surface area contributed by atoms with Crippen LogP contribution < -0.4 is 22.0 Å². The van der Waals surface area contributed by atoms with Crippen LogP contribution in [0.15, 0.2) is 12.1 Å². The number of aromatic amines is 2. The Morgan fingerprint density at radius 3 is 1.06 bits per heavy atom. The van der Waals surface area contributed by atoms with E-state index in [1.54, 1.807) is 12.1 Å². The van der Waals surface area contributed by atoms with E-state index < -0.39 is 0 Å². The highest BCUT2D eigenvalue weighted by Crippen LogP contribution is 2.12. The summed E-state index contributed by atoms with van der Waals surface area (Å²) in [4.78, 5) is 5.24. The van der Waals surface area contributed by atoms with E-state index in [4.69, 9.17) is 21.6 Å². The maximum absolute atomic E-state index is 7.64. The van der Waals surface area contributed by atoms with E-state index >= 15 is 0 Å². The van der Waals surface area contributed by atoms with E-state index in [-0.39, 0.29) is 22.0 Å². The van der Waals surface area contributed by atoms with Crippen LogP contribution in [0.2, 0.25) is 0 Å². The first-order chi connectivity index (χ1) is 7.58. The first-order valence-electron chi connectivity index (χ1n) is 4.65. The van der Waals surface area contributed by atoms with Crippen molar-refractivity contribution in [3.63, 3.8) is 0 Å². The van der Waals surface area contributed by atoms with Crippen molar-refractivity contribution in [3.05, 3.63) is 34.1 Å².